The number of hydrogen-bond donors (Lipinski definition) is 1. The zero-order valence-corrected chi connectivity index (χ0v) is 11.2. The normalized spacial score (nSPS) is 12.1. The van der Waals surface area contributed by atoms with Crippen molar-refractivity contribution in [3.63, 3.8) is 0 Å². The van der Waals surface area contributed by atoms with Gasteiger partial charge in [0.15, 0.2) is 0 Å². The van der Waals surface area contributed by atoms with Crippen LogP contribution in [0.4, 0.5) is 32.0 Å². The monoisotopic (exact) mass is 337 g/mol. The number of halogens is 6. The van der Waals surface area contributed by atoms with Crippen LogP contribution in [0.15, 0.2) is 42.5 Å². The molecule has 2 aromatic carbocycles. The van der Waals surface area contributed by atoms with Crippen molar-refractivity contribution in [3.8, 4) is 22.6 Å². The van der Waals surface area contributed by atoms with E-state index < -0.39 is 24.2 Å². The number of hydrogen-bond acceptors (Lipinski definition) is 3. The van der Waals surface area contributed by atoms with Gasteiger partial charge in [-0.05, 0) is 35.9 Å². The van der Waals surface area contributed by atoms with Gasteiger partial charge in [0.1, 0.15) is 11.5 Å². The molecule has 0 bridgehead atoms. The van der Waals surface area contributed by atoms with Crippen molar-refractivity contribution in [3.05, 3.63) is 42.5 Å². The van der Waals surface area contributed by atoms with Crippen molar-refractivity contribution >= 4 is 5.69 Å². The van der Waals surface area contributed by atoms with Crippen LogP contribution in [-0.4, -0.2) is 12.7 Å². The van der Waals surface area contributed by atoms with Crippen LogP contribution in [0.2, 0.25) is 0 Å². The van der Waals surface area contributed by atoms with Gasteiger partial charge >= 0.3 is 12.7 Å². The highest BCUT2D eigenvalue weighted by Gasteiger charge is 2.32. The van der Waals surface area contributed by atoms with Gasteiger partial charge in [0.2, 0.25) is 0 Å². The average molecular weight is 337 g/mol. The highest BCUT2D eigenvalue weighted by Crippen LogP contribution is 2.34. The zero-order valence-electron chi connectivity index (χ0n) is 11.2. The molecule has 0 amide bonds. The average Bonchev–Trinajstić information content (AvgIpc) is 2.37. The van der Waals surface area contributed by atoms with Crippen molar-refractivity contribution in [2.75, 3.05) is 5.73 Å². The van der Waals surface area contributed by atoms with Gasteiger partial charge in [0.25, 0.3) is 0 Å². The molecule has 0 saturated heterocycles. The Morgan fingerprint density at radius 1 is 0.739 bits per heavy atom. The van der Waals surface area contributed by atoms with Crippen molar-refractivity contribution in [2.24, 2.45) is 0 Å². The molecular weight excluding hydrogens is 328 g/mol. The number of alkyl halides is 6. The summed E-state index contributed by atoms with van der Waals surface area (Å²) in [6.07, 6.45) is -9.78. The molecule has 0 fully saturated rings. The summed E-state index contributed by atoms with van der Waals surface area (Å²) < 4.78 is 80.8. The number of anilines is 1. The first kappa shape index (κ1) is 16.8. The molecular formula is C14H9F6NO2. The number of ether oxygens (including phenoxy) is 2. The molecule has 0 aliphatic carbocycles. The highest BCUT2D eigenvalue weighted by molar-refractivity contribution is 5.78. The van der Waals surface area contributed by atoms with Crippen LogP contribution in [0.1, 0.15) is 0 Å². The summed E-state index contributed by atoms with van der Waals surface area (Å²) >= 11 is 0. The van der Waals surface area contributed by atoms with Crippen molar-refractivity contribution in [1.82, 2.24) is 0 Å². The molecule has 3 nitrogen and oxygen atoms in total. The topological polar surface area (TPSA) is 44.5 Å². The Morgan fingerprint density at radius 3 is 1.87 bits per heavy atom. The zero-order chi connectivity index (χ0) is 17.3. The summed E-state index contributed by atoms with van der Waals surface area (Å²) in [7, 11) is 0. The molecule has 124 valence electrons. The van der Waals surface area contributed by atoms with Gasteiger partial charge in [-0.3, -0.25) is 0 Å². The van der Waals surface area contributed by atoms with E-state index in [1.54, 1.807) is 0 Å². The minimum Gasteiger partial charge on any atom is -0.406 e. The molecule has 0 aliphatic rings. The molecule has 0 atom stereocenters. The maximum atomic E-state index is 12.2. The summed E-state index contributed by atoms with van der Waals surface area (Å²) in [5, 5.41) is 0. The fraction of sp³-hybridized carbons (Fsp3) is 0.143. The number of nitrogens with two attached hydrogens (primary N) is 1. The Morgan fingerprint density at radius 2 is 1.30 bits per heavy atom. The minimum atomic E-state index is -4.89. The fourth-order valence-electron chi connectivity index (χ4n) is 1.84. The van der Waals surface area contributed by atoms with Crippen LogP contribution in [-0.2, 0) is 0 Å². The van der Waals surface area contributed by atoms with E-state index in [4.69, 9.17) is 5.73 Å². The molecule has 2 aromatic rings. The summed E-state index contributed by atoms with van der Waals surface area (Å²) in [5.74, 6) is -1.06. The van der Waals surface area contributed by atoms with E-state index in [-0.39, 0.29) is 16.8 Å². The third-order valence-corrected chi connectivity index (χ3v) is 2.64. The lowest BCUT2D eigenvalue weighted by Gasteiger charge is -2.13. The Labute approximate surface area is 126 Å². The molecule has 23 heavy (non-hydrogen) atoms. The van der Waals surface area contributed by atoms with E-state index in [1.165, 1.54) is 12.1 Å². The lowest BCUT2D eigenvalue weighted by atomic mass is 10.0. The van der Waals surface area contributed by atoms with E-state index in [9.17, 15) is 26.3 Å². The van der Waals surface area contributed by atoms with Crippen LogP contribution < -0.4 is 15.2 Å². The first-order valence-electron chi connectivity index (χ1n) is 6.05. The molecule has 0 spiro atoms. The Kier molecular flexibility index (Phi) is 4.31. The lowest BCUT2D eigenvalue weighted by Crippen LogP contribution is -2.17. The quantitative estimate of drug-likeness (QED) is 0.650. The standard InChI is InChI=1S/C14H9F6NO2/c15-13(16,17)22-9-3-1-2-8(6-9)11-7-10(4-5-12(11)21)23-14(18,19)20/h1-7H,21H2. The van der Waals surface area contributed by atoms with Gasteiger partial charge in [-0.2, -0.15) is 0 Å². The fourth-order valence-corrected chi connectivity index (χ4v) is 1.84. The third-order valence-electron chi connectivity index (χ3n) is 2.64. The Hall–Kier alpha value is -2.58. The smallest absolute Gasteiger partial charge is 0.406 e. The van der Waals surface area contributed by atoms with E-state index >= 15 is 0 Å². The summed E-state index contributed by atoms with van der Waals surface area (Å²) in [6.45, 7) is 0. The molecule has 0 aliphatic heterocycles. The molecule has 0 unspecified atom stereocenters. The van der Waals surface area contributed by atoms with Crippen molar-refractivity contribution < 1.29 is 35.8 Å². The van der Waals surface area contributed by atoms with Crippen LogP contribution in [0, 0.1) is 0 Å². The van der Waals surface area contributed by atoms with Gasteiger partial charge in [0.05, 0.1) is 0 Å². The second kappa shape index (κ2) is 5.90. The molecule has 2 N–H and O–H groups in total. The molecule has 0 aromatic heterocycles. The van der Waals surface area contributed by atoms with Crippen LogP contribution in [0.25, 0.3) is 11.1 Å². The second-order valence-corrected chi connectivity index (χ2v) is 4.37. The maximum absolute atomic E-state index is 12.2. The van der Waals surface area contributed by atoms with E-state index in [0.29, 0.717) is 0 Å². The van der Waals surface area contributed by atoms with Gasteiger partial charge in [-0.1, -0.05) is 12.1 Å². The van der Waals surface area contributed by atoms with Gasteiger partial charge in [0, 0.05) is 11.3 Å². The van der Waals surface area contributed by atoms with E-state index in [0.717, 1.165) is 30.3 Å². The number of rotatable bonds is 3. The van der Waals surface area contributed by atoms with Crippen LogP contribution in [0.5, 0.6) is 11.5 Å². The summed E-state index contributed by atoms with van der Waals surface area (Å²) in [4.78, 5) is 0. The maximum Gasteiger partial charge on any atom is 0.573 e. The van der Waals surface area contributed by atoms with Crippen molar-refractivity contribution in [2.45, 2.75) is 12.7 Å². The molecule has 2 rings (SSSR count). The number of nitrogen functional groups attached to an aromatic ring is 1. The summed E-state index contributed by atoms with van der Waals surface area (Å²) in [5.41, 5.74) is 5.97. The second-order valence-electron chi connectivity index (χ2n) is 4.37. The van der Waals surface area contributed by atoms with Crippen LogP contribution >= 0.6 is 0 Å². The lowest BCUT2D eigenvalue weighted by molar-refractivity contribution is -0.275. The SMILES string of the molecule is Nc1ccc(OC(F)(F)F)cc1-c1cccc(OC(F)(F)F)c1. The first-order valence-corrected chi connectivity index (χ1v) is 6.05. The Balaban J connectivity index is 2.38. The van der Waals surface area contributed by atoms with Crippen LogP contribution in [0.3, 0.4) is 0 Å². The molecule has 0 saturated carbocycles. The van der Waals surface area contributed by atoms with Crippen molar-refractivity contribution in [1.29, 1.82) is 0 Å². The predicted molar refractivity (Wildman–Crippen MR) is 69.7 cm³/mol. The van der Waals surface area contributed by atoms with Gasteiger partial charge < -0.3 is 15.2 Å². The first-order chi connectivity index (χ1) is 10.5. The number of benzene rings is 2. The van der Waals surface area contributed by atoms with Gasteiger partial charge in [-0.25, -0.2) is 0 Å². The van der Waals surface area contributed by atoms with E-state index in [2.05, 4.69) is 9.47 Å². The molecule has 9 heteroatoms. The minimum absolute atomic E-state index is 0.0729. The van der Waals surface area contributed by atoms with E-state index in [1.807, 2.05) is 0 Å². The molecule has 0 radical (unpaired) electrons. The molecule has 0 heterocycles. The highest BCUT2D eigenvalue weighted by atomic mass is 19.4. The third kappa shape index (κ3) is 4.97. The summed E-state index contributed by atoms with van der Waals surface area (Å²) in [6, 6.07) is 7.85. The largest absolute Gasteiger partial charge is 0.573 e. The van der Waals surface area contributed by atoms with Gasteiger partial charge in [-0.15, -0.1) is 26.3 Å². The Bertz CT molecular complexity index is 696. The predicted octanol–water partition coefficient (Wildman–Crippen LogP) is 4.73.